The van der Waals surface area contributed by atoms with Crippen LogP contribution < -0.4 is 15.0 Å². The Morgan fingerprint density at radius 3 is 2.59 bits per heavy atom. The average molecular weight is 413 g/mol. The summed E-state index contributed by atoms with van der Waals surface area (Å²) >= 11 is 5.47. The summed E-state index contributed by atoms with van der Waals surface area (Å²) in [6, 6.07) is 11.8. The van der Waals surface area contributed by atoms with E-state index in [9.17, 15) is 0 Å². The standard InChI is InChI=1S/C23H32N4OS/c1-4-16-26(2)17-7-5-6-8-18-28-22-13-11-21(12-14-22)27(3)23(29)25-20-10-9-15-24-19-20/h4,9-15,19H,1,5-8,16-18H2,2-3H3,(H,25,29). The number of nitrogens with zero attached hydrogens (tertiary/aromatic N) is 3. The monoisotopic (exact) mass is 412 g/mol. The highest BCUT2D eigenvalue weighted by Gasteiger charge is 2.07. The molecule has 0 atom stereocenters. The van der Waals surface area contributed by atoms with Crippen molar-refractivity contribution in [3.05, 3.63) is 61.4 Å². The second-order valence-corrected chi connectivity index (χ2v) is 7.43. The number of rotatable bonds is 12. The van der Waals surface area contributed by atoms with E-state index in [0.717, 1.165) is 43.2 Å². The Kier molecular flexibility index (Phi) is 10.2. The first kappa shape index (κ1) is 22.8. The molecular formula is C23H32N4OS. The maximum atomic E-state index is 5.86. The van der Waals surface area contributed by atoms with E-state index < -0.39 is 0 Å². The zero-order chi connectivity index (χ0) is 20.9. The largest absolute Gasteiger partial charge is 0.494 e. The lowest BCUT2D eigenvalue weighted by atomic mass is 10.2. The van der Waals surface area contributed by atoms with Gasteiger partial charge in [0.15, 0.2) is 5.11 Å². The lowest BCUT2D eigenvalue weighted by molar-refractivity contribution is 0.300. The highest BCUT2D eigenvalue weighted by atomic mass is 32.1. The molecule has 0 bridgehead atoms. The van der Waals surface area contributed by atoms with Crippen LogP contribution in [0.5, 0.6) is 5.75 Å². The molecule has 156 valence electrons. The van der Waals surface area contributed by atoms with Gasteiger partial charge in [0.05, 0.1) is 18.5 Å². The molecule has 0 unspecified atom stereocenters. The van der Waals surface area contributed by atoms with E-state index in [1.807, 2.05) is 54.4 Å². The van der Waals surface area contributed by atoms with Crippen molar-refractivity contribution in [1.29, 1.82) is 0 Å². The Morgan fingerprint density at radius 2 is 1.90 bits per heavy atom. The zero-order valence-electron chi connectivity index (χ0n) is 17.5. The molecule has 6 heteroatoms. The first-order valence-corrected chi connectivity index (χ1v) is 10.5. The van der Waals surface area contributed by atoms with Crippen LogP contribution in [0.4, 0.5) is 11.4 Å². The van der Waals surface area contributed by atoms with Gasteiger partial charge >= 0.3 is 0 Å². The Labute approximate surface area is 180 Å². The van der Waals surface area contributed by atoms with E-state index in [0.29, 0.717) is 5.11 Å². The van der Waals surface area contributed by atoms with Crippen molar-refractivity contribution in [3.63, 3.8) is 0 Å². The smallest absolute Gasteiger partial charge is 0.177 e. The minimum atomic E-state index is 0.616. The molecule has 0 amide bonds. The van der Waals surface area contributed by atoms with Crippen molar-refractivity contribution >= 4 is 28.7 Å². The predicted molar refractivity (Wildman–Crippen MR) is 127 cm³/mol. The number of hydrogen-bond acceptors (Lipinski definition) is 4. The van der Waals surface area contributed by atoms with Crippen LogP contribution in [0.2, 0.25) is 0 Å². The first-order chi connectivity index (χ1) is 14.1. The van der Waals surface area contributed by atoms with Gasteiger partial charge in [-0.15, -0.1) is 6.58 Å². The molecule has 1 heterocycles. The lowest BCUT2D eigenvalue weighted by Crippen LogP contribution is -2.30. The Hall–Kier alpha value is -2.44. The summed E-state index contributed by atoms with van der Waals surface area (Å²) < 4.78 is 5.86. The third kappa shape index (κ3) is 8.62. The van der Waals surface area contributed by atoms with E-state index in [2.05, 4.69) is 28.8 Å². The molecule has 1 aromatic heterocycles. The molecule has 2 rings (SSSR count). The van der Waals surface area contributed by atoms with Gasteiger partial charge in [-0.3, -0.25) is 4.98 Å². The fraction of sp³-hybridized carbons (Fsp3) is 0.391. The summed E-state index contributed by atoms with van der Waals surface area (Å²) in [4.78, 5) is 8.30. The van der Waals surface area contributed by atoms with Crippen LogP contribution in [-0.2, 0) is 0 Å². The van der Waals surface area contributed by atoms with Gasteiger partial charge in [0.2, 0.25) is 0 Å². The van der Waals surface area contributed by atoms with E-state index in [4.69, 9.17) is 17.0 Å². The maximum Gasteiger partial charge on any atom is 0.177 e. The third-order valence-corrected chi connectivity index (χ3v) is 4.96. The number of likely N-dealkylation sites (N-methyl/N-ethyl adjacent to an activating group) is 1. The normalized spacial score (nSPS) is 10.6. The van der Waals surface area contributed by atoms with Crippen LogP contribution in [0.25, 0.3) is 0 Å². The molecule has 0 aliphatic carbocycles. The summed E-state index contributed by atoms with van der Waals surface area (Å²) in [7, 11) is 4.07. The number of ether oxygens (including phenoxy) is 1. The minimum Gasteiger partial charge on any atom is -0.494 e. The molecule has 1 aromatic carbocycles. The molecule has 0 aliphatic rings. The van der Waals surface area contributed by atoms with Crippen LogP contribution in [0.3, 0.4) is 0 Å². The number of pyridine rings is 1. The van der Waals surface area contributed by atoms with Crippen LogP contribution in [0, 0.1) is 0 Å². The molecule has 0 fully saturated rings. The third-order valence-electron chi connectivity index (χ3n) is 4.59. The molecule has 0 aliphatic heterocycles. The van der Waals surface area contributed by atoms with Crippen molar-refractivity contribution in [3.8, 4) is 5.75 Å². The van der Waals surface area contributed by atoms with Crippen LogP contribution in [-0.4, -0.2) is 48.8 Å². The molecule has 0 saturated heterocycles. The maximum absolute atomic E-state index is 5.86. The summed E-state index contributed by atoms with van der Waals surface area (Å²) in [6.45, 7) is 6.60. The van der Waals surface area contributed by atoms with E-state index in [-0.39, 0.29) is 0 Å². The van der Waals surface area contributed by atoms with Gasteiger partial charge in [-0.25, -0.2) is 0 Å². The van der Waals surface area contributed by atoms with Crippen molar-refractivity contribution in [1.82, 2.24) is 9.88 Å². The number of thiocarbonyl (C=S) groups is 1. The van der Waals surface area contributed by atoms with Crippen LogP contribution in [0.1, 0.15) is 25.7 Å². The number of aromatic nitrogens is 1. The van der Waals surface area contributed by atoms with Gasteiger partial charge < -0.3 is 19.9 Å². The molecule has 29 heavy (non-hydrogen) atoms. The number of anilines is 2. The Bertz CT molecular complexity index is 736. The summed E-state index contributed by atoms with van der Waals surface area (Å²) in [5, 5.41) is 3.80. The second-order valence-electron chi connectivity index (χ2n) is 7.04. The van der Waals surface area contributed by atoms with Gasteiger partial charge in [-0.1, -0.05) is 18.9 Å². The topological polar surface area (TPSA) is 40.6 Å². The number of hydrogen-bond donors (Lipinski definition) is 1. The average Bonchev–Trinajstić information content (AvgIpc) is 2.74. The summed E-state index contributed by atoms with van der Waals surface area (Å²) in [5.74, 6) is 0.888. The zero-order valence-corrected chi connectivity index (χ0v) is 18.3. The molecule has 0 saturated carbocycles. The Morgan fingerprint density at radius 1 is 1.14 bits per heavy atom. The fourth-order valence-electron chi connectivity index (χ4n) is 2.87. The van der Waals surface area contributed by atoms with Crippen molar-refractivity contribution in [2.24, 2.45) is 0 Å². The van der Waals surface area contributed by atoms with Gasteiger partial charge in [0, 0.05) is 25.5 Å². The molecule has 1 N–H and O–H groups in total. The molecular weight excluding hydrogens is 380 g/mol. The van der Waals surface area contributed by atoms with Gasteiger partial charge in [0.1, 0.15) is 5.75 Å². The van der Waals surface area contributed by atoms with Gasteiger partial charge in [0.25, 0.3) is 0 Å². The van der Waals surface area contributed by atoms with Crippen LogP contribution in [0.15, 0.2) is 61.4 Å². The van der Waals surface area contributed by atoms with E-state index >= 15 is 0 Å². The van der Waals surface area contributed by atoms with E-state index in [1.165, 1.54) is 19.3 Å². The van der Waals surface area contributed by atoms with Crippen molar-refractivity contribution in [2.75, 3.05) is 44.0 Å². The Balaban J connectivity index is 1.66. The van der Waals surface area contributed by atoms with E-state index in [1.54, 1.807) is 12.4 Å². The fourth-order valence-corrected chi connectivity index (χ4v) is 3.09. The highest BCUT2D eigenvalue weighted by molar-refractivity contribution is 7.80. The molecule has 0 spiro atoms. The van der Waals surface area contributed by atoms with Crippen LogP contribution >= 0.6 is 12.2 Å². The minimum absolute atomic E-state index is 0.616. The predicted octanol–water partition coefficient (Wildman–Crippen LogP) is 4.97. The summed E-state index contributed by atoms with van der Waals surface area (Å²) in [6.07, 6.45) is 10.1. The van der Waals surface area contributed by atoms with Gasteiger partial charge in [-0.2, -0.15) is 0 Å². The number of unbranched alkanes of at least 4 members (excludes halogenated alkanes) is 3. The van der Waals surface area contributed by atoms with Crippen molar-refractivity contribution < 1.29 is 4.74 Å². The SMILES string of the molecule is C=CCN(C)CCCCCCOc1ccc(N(C)C(=S)Nc2cccnc2)cc1. The highest BCUT2D eigenvalue weighted by Crippen LogP contribution is 2.20. The molecule has 5 nitrogen and oxygen atoms in total. The number of benzene rings is 1. The number of nitrogens with one attached hydrogen (secondary N) is 1. The van der Waals surface area contributed by atoms with Crippen molar-refractivity contribution in [2.45, 2.75) is 25.7 Å². The molecule has 0 radical (unpaired) electrons. The van der Waals surface area contributed by atoms with Gasteiger partial charge in [-0.05, 0) is 75.1 Å². The summed E-state index contributed by atoms with van der Waals surface area (Å²) in [5.41, 5.74) is 1.87. The lowest BCUT2D eigenvalue weighted by Gasteiger charge is -2.21. The first-order valence-electron chi connectivity index (χ1n) is 10.1. The second kappa shape index (κ2) is 12.9. The molecule has 2 aromatic rings. The quantitative estimate of drug-likeness (QED) is 0.301.